The molecule has 20 heavy (non-hydrogen) atoms. The molecule has 0 aliphatic carbocycles. The molecule has 1 saturated heterocycles. The third kappa shape index (κ3) is 5.00. The molecule has 6 heteroatoms. The highest BCUT2D eigenvalue weighted by molar-refractivity contribution is 8.00. The molecule has 1 aliphatic heterocycles. The van der Waals surface area contributed by atoms with E-state index in [-0.39, 0.29) is 16.7 Å². The normalized spacial score (nSPS) is 20.5. The summed E-state index contributed by atoms with van der Waals surface area (Å²) in [6.07, 6.45) is 1.18. The maximum Gasteiger partial charge on any atom is 0.446 e. The van der Waals surface area contributed by atoms with E-state index in [1.165, 1.54) is 6.42 Å². The standard InChI is InChI=1S/C14H19F3N2S/c1-18-8-12-6-7-19(10-12)9-11-2-4-13(5-3-11)20-14(15,16)17/h2-5,12,18H,6-10H2,1H3. The Kier molecular flexibility index (Phi) is 5.35. The van der Waals surface area contributed by atoms with Gasteiger partial charge >= 0.3 is 5.51 Å². The summed E-state index contributed by atoms with van der Waals surface area (Å²) in [7, 11) is 1.96. The molecule has 0 aromatic heterocycles. The van der Waals surface area contributed by atoms with E-state index in [1.807, 2.05) is 7.05 Å². The number of nitrogens with one attached hydrogen (secondary N) is 1. The SMILES string of the molecule is CNCC1CCN(Cc2ccc(SC(F)(F)F)cc2)C1. The smallest absolute Gasteiger partial charge is 0.319 e. The molecule has 1 fully saturated rings. The molecule has 1 aliphatic rings. The Morgan fingerprint density at radius 1 is 1.30 bits per heavy atom. The van der Waals surface area contributed by atoms with Crippen molar-refractivity contribution in [3.63, 3.8) is 0 Å². The number of nitrogens with zero attached hydrogens (tertiary/aromatic N) is 1. The topological polar surface area (TPSA) is 15.3 Å². The number of hydrogen-bond donors (Lipinski definition) is 1. The largest absolute Gasteiger partial charge is 0.446 e. The van der Waals surface area contributed by atoms with E-state index in [2.05, 4.69) is 10.2 Å². The minimum Gasteiger partial charge on any atom is -0.319 e. The van der Waals surface area contributed by atoms with Crippen molar-refractivity contribution in [2.24, 2.45) is 5.92 Å². The van der Waals surface area contributed by atoms with Crippen LogP contribution in [-0.4, -0.2) is 37.1 Å². The molecule has 1 unspecified atom stereocenters. The second kappa shape index (κ2) is 6.83. The van der Waals surface area contributed by atoms with Crippen molar-refractivity contribution < 1.29 is 13.2 Å². The zero-order valence-corrected chi connectivity index (χ0v) is 12.2. The number of benzene rings is 1. The first-order chi connectivity index (χ1) is 9.46. The molecule has 2 nitrogen and oxygen atoms in total. The van der Waals surface area contributed by atoms with Crippen molar-refractivity contribution in [2.45, 2.75) is 23.4 Å². The monoisotopic (exact) mass is 304 g/mol. The number of rotatable bonds is 5. The van der Waals surface area contributed by atoms with Crippen LogP contribution in [0.3, 0.4) is 0 Å². The average molecular weight is 304 g/mol. The molecule has 0 bridgehead atoms. The number of likely N-dealkylation sites (tertiary alicyclic amines) is 1. The minimum absolute atomic E-state index is 0.0627. The number of hydrogen-bond acceptors (Lipinski definition) is 3. The van der Waals surface area contributed by atoms with Crippen molar-refractivity contribution in [3.8, 4) is 0 Å². The van der Waals surface area contributed by atoms with E-state index in [0.29, 0.717) is 5.92 Å². The van der Waals surface area contributed by atoms with E-state index in [1.54, 1.807) is 24.3 Å². The van der Waals surface area contributed by atoms with Gasteiger partial charge in [-0.25, -0.2) is 0 Å². The van der Waals surface area contributed by atoms with Crippen LogP contribution in [0, 0.1) is 5.92 Å². The van der Waals surface area contributed by atoms with Crippen LogP contribution in [0.15, 0.2) is 29.2 Å². The molecular weight excluding hydrogens is 285 g/mol. The van der Waals surface area contributed by atoms with Gasteiger partial charge in [-0.15, -0.1) is 0 Å². The van der Waals surface area contributed by atoms with Gasteiger partial charge in [0.2, 0.25) is 0 Å². The second-order valence-electron chi connectivity index (χ2n) is 5.14. The fraction of sp³-hybridized carbons (Fsp3) is 0.571. The number of halogens is 3. The van der Waals surface area contributed by atoms with Gasteiger partial charge in [0.1, 0.15) is 0 Å². The molecular formula is C14H19F3N2S. The molecule has 0 saturated carbocycles. The first kappa shape index (κ1) is 15.7. The van der Waals surface area contributed by atoms with Gasteiger partial charge < -0.3 is 5.32 Å². The minimum atomic E-state index is -4.21. The van der Waals surface area contributed by atoms with Gasteiger partial charge in [0.15, 0.2) is 0 Å². The van der Waals surface area contributed by atoms with Crippen molar-refractivity contribution in [3.05, 3.63) is 29.8 Å². The first-order valence-electron chi connectivity index (χ1n) is 6.68. The van der Waals surface area contributed by atoms with Crippen LogP contribution in [0.2, 0.25) is 0 Å². The fourth-order valence-corrected chi connectivity index (χ4v) is 3.11. The Balaban J connectivity index is 1.85. The summed E-state index contributed by atoms with van der Waals surface area (Å²) >= 11 is -0.0627. The van der Waals surface area contributed by atoms with E-state index >= 15 is 0 Å². The van der Waals surface area contributed by atoms with Gasteiger partial charge in [-0.1, -0.05) is 12.1 Å². The lowest BCUT2D eigenvalue weighted by atomic mass is 10.1. The summed E-state index contributed by atoms with van der Waals surface area (Å²) in [5, 5.41) is 3.19. The lowest BCUT2D eigenvalue weighted by Crippen LogP contribution is -2.24. The Hall–Kier alpha value is -0.720. The average Bonchev–Trinajstić information content (AvgIpc) is 2.78. The number of thioether (sulfide) groups is 1. The molecule has 1 atom stereocenters. The molecule has 2 rings (SSSR count). The summed E-state index contributed by atoms with van der Waals surface area (Å²) in [6.45, 7) is 3.96. The molecule has 112 valence electrons. The van der Waals surface area contributed by atoms with E-state index in [0.717, 1.165) is 31.7 Å². The van der Waals surface area contributed by atoms with Gasteiger partial charge in [0.05, 0.1) is 0 Å². The van der Waals surface area contributed by atoms with Gasteiger partial charge in [0, 0.05) is 18.0 Å². The molecule has 0 spiro atoms. The lowest BCUT2D eigenvalue weighted by Gasteiger charge is -2.16. The quantitative estimate of drug-likeness (QED) is 0.840. The molecule has 1 aromatic carbocycles. The predicted octanol–water partition coefficient (Wildman–Crippen LogP) is 3.34. The first-order valence-corrected chi connectivity index (χ1v) is 7.49. The Bertz CT molecular complexity index is 419. The summed E-state index contributed by atoms with van der Waals surface area (Å²) in [5.41, 5.74) is -3.14. The number of alkyl halides is 3. The van der Waals surface area contributed by atoms with Crippen LogP contribution in [0.1, 0.15) is 12.0 Å². The molecule has 0 amide bonds. The molecule has 1 aromatic rings. The van der Waals surface area contributed by atoms with Crippen molar-refractivity contribution in [2.75, 3.05) is 26.7 Å². The zero-order valence-electron chi connectivity index (χ0n) is 11.4. The van der Waals surface area contributed by atoms with Crippen molar-refractivity contribution >= 4 is 11.8 Å². The summed E-state index contributed by atoms with van der Waals surface area (Å²) in [5.74, 6) is 0.681. The highest BCUT2D eigenvalue weighted by atomic mass is 32.2. The van der Waals surface area contributed by atoms with Crippen molar-refractivity contribution in [1.82, 2.24) is 10.2 Å². The van der Waals surface area contributed by atoms with Crippen LogP contribution >= 0.6 is 11.8 Å². The van der Waals surface area contributed by atoms with E-state index in [4.69, 9.17) is 0 Å². The van der Waals surface area contributed by atoms with Gasteiger partial charge in [0.25, 0.3) is 0 Å². The highest BCUT2D eigenvalue weighted by Gasteiger charge is 2.29. The molecule has 1 N–H and O–H groups in total. The second-order valence-corrected chi connectivity index (χ2v) is 6.28. The van der Waals surface area contributed by atoms with Gasteiger partial charge in [-0.3, -0.25) is 4.90 Å². The predicted molar refractivity (Wildman–Crippen MR) is 75.7 cm³/mol. The van der Waals surface area contributed by atoms with Crippen molar-refractivity contribution in [1.29, 1.82) is 0 Å². The van der Waals surface area contributed by atoms with Crippen LogP contribution in [0.25, 0.3) is 0 Å². The van der Waals surface area contributed by atoms with Crippen LogP contribution in [-0.2, 0) is 6.54 Å². The van der Waals surface area contributed by atoms with Crippen LogP contribution < -0.4 is 5.32 Å². The maximum absolute atomic E-state index is 12.2. The zero-order chi connectivity index (χ0) is 14.6. The van der Waals surface area contributed by atoms with E-state index < -0.39 is 5.51 Å². The summed E-state index contributed by atoms with van der Waals surface area (Å²) in [4.78, 5) is 2.60. The van der Waals surface area contributed by atoms with Gasteiger partial charge in [-0.2, -0.15) is 13.2 Å². The summed E-state index contributed by atoms with van der Waals surface area (Å²) in [6, 6.07) is 6.68. The highest BCUT2D eigenvalue weighted by Crippen LogP contribution is 2.36. The fourth-order valence-electron chi connectivity index (χ4n) is 2.57. The third-order valence-corrected chi connectivity index (χ3v) is 4.17. The Morgan fingerprint density at radius 3 is 2.60 bits per heavy atom. The third-order valence-electron chi connectivity index (χ3n) is 3.43. The van der Waals surface area contributed by atoms with Crippen LogP contribution in [0.4, 0.5) is 13.2 Å². The van der Waals surface area contributed by atoms with Gasteiger partial charge in [-0.05, 0) is 61.9 Å². The maximum atomic E-state index is 12.2. The van der Waals surface area contributed by atoms with Crippen LogP contribution in [0.5, 0.6) is 0 Å². The Morgan fingerprint density at radius 2 is 2.00 bits per heavy atom. The molecule has 1 heterocycles. The Labute approximate surface area is 121 Å². The van der Waals surface area contributed by atoms with E-state index in [9.17, 15) is 13.2 Å². The lowest BCUT2D eigenvalue weighted by molar-refractivity contribution is -0.0328. The molecule has 0 radical (unpaired) electrons. The summed E-state index contributed by atoms with van der Waals surface area (Å²) < 4.78 is 36.7.